The Hall–Kier alpha value is -2.00. The third kappa shape index (κ3) is 2.31. The lowest BCUT2D eigenvalue weighted by molar-refractivity contribution is 0.372. The Morgan fingerprint density at radius 2 is 1.78 bits per heavy atom. The van der Waals surface area contributed by atoms with Crippen LogP contribution in [0.3, 0.4) is 0 Å². The van der Waals surface area contributed by atoms with Crippen molar-refractivity contribution in [3.8, 4) is 5.75 Å². The molecule has 1 radical (unpaired) electrons. The molecule has 0 aromatic heterocycles. The number of para-hydroxylation sites is 2. The lowest BCUT2D eigenvalue weighted by Crippen LogP contribution is -2.41. The van der Waals surface area contributed by atoms with Gasteiger partial charge in [-0.05, 0) is 17.7 Å². The minimum absolute atomic E-state index is 0.740. The standard InChI is InChI=1S/C15H15N2O/c1-2-6-13(7-3-1)12-16-17-10-11-18-15-9-5-4-8-14(15)17/h1-9,11,16H,10,12H2. The Labute approximate surface area is 107 Å². The van der Waals surface area contributed by atoms with E-state index in [1.165, 1.54) is 5.56 Å². The van der Waals surface area contributed by atoms with Crippen LogP contribution in [0.4, 0.5) is 5.69 Å². The van der Waals surface area contributed by atoms with Crippen molar-refractivity contribution in [3.05, 3.63) is 66.8 Å². The molecule has 1 aliphatic rings. The van der Waals surface area contributed by atoms with Gasteiger partial charge >= 0.3 is 0 Å². The van der Waals surface area contributed by atoms with E-state index in [9.17, 15) is 0 Å². The first-order valence-electron chi connectivity index (χ1n) is 6.06. The Kier molecular flexibility index (Phi) is 3.15. The second kappa shape index (κ2) is 5.10. The van der Waals surface area contributed by atoms with Crippen molar-refractivity contribution in [2.24, 2.45) is 0 Å². The summed E-state index contributed by atoms with van der Waals surface area (Å²) in [6.07, 6.45) is 0. The number of fused-ring (bicyclic) bond motifs is 1. The zero-order chi connectivity index (χ0) is 12.2. The number of hydrazine groups is 1. The van der Waals surface area contributed by atoms with Gasteiger partial charge < -0.3 is 9.75 Å². The molecule has 0 bridgehead atoms. The predicted molar refractivity (Wildman–Crippen MR) is 72.0 cm³/mol. The van der Waals surface area contributed by atoms with Crippen LogP contribution in [0, 0.1) is 6.61 Å². The van der Waals surface area contributed by atoms with Crippen molar-refractivity contribution >= 4 is 5.69 Å². The first-order valence-corrected chi connectivity index (χ1v) is 6.06. The highest BCUT2D eigenvalue weighted by molar-refractivity contribution is 5.59. The summed E-state index contributed by atoms with van der Waals surface area (Å²) < 4.78 is 5.50. The van der Waals surface area contributed by atoms with Gasteiger partial charge in [0.15, 0.2) is 6.61 Å². The average molecular weight is 239 g/mol. The molecule has 0 aliphatic carbocycles. The topological polar surface area (TPSA) is 24.5 Å². The van der Waals surface area contributed by atoms with Crippen molar-refractivity contribution in [2.45, 2.75) is 6.54 Å². The molecule has 91 valence electrons. The van der Waals surface area contributed by atoms with E-state index in [2.05, 4.69) is 40.8 Å². The van der Waals surface area contributed by atoms with Crippen molar-refractivity contribution in [1.82, 2.24) is 5.43 Å². The fourth-order valence-electron chi connectivity index (χ4n) is 2.01. The Bertz CT molecular complexity index is 513. The maximum absolute atomic E-state index is 5.50. The number of hydrogen-bond acceptors (Lipinski definition) is 3. The number of rotatable bonds is 3. The van der Waals surface area contributed by atoms with Crippen LogP contribution in [0.1, 0.15) is 5.56 Å². The molecule has 1 N–H and O–H groups in total. The summed E-state index contributed by atoms with van der Waals surface area (Å²) in [5, 5.41) is 2.10. The van der Waals surface area contributed by atoms with Crippen LogP contribution in [0.15, 0.2) is 54.6 Å². The fraction of sp³-hybridized carbons (Fsp3) is 0.133. The molecule has 3 heteroatoms. The van der Waals surface area contributed by atoms with E-state index in [0.29, 0.717) is 0 Å². The quantitative estimate of drug-likeness (QED) is 0.891. The zero-order valence-electron chi connectivity index (χ0n) is 10.0. The van der Waals surface area contributed by atoms with E-state index in [4.69, 9.17) is 4.74 Å². The van der Waals surface area contributed by atoms with Gasteiger partial charge in [0.2, 0.25) is 0 Å². The maximum Gasteiger partial charge on any atom is 0.156 e. The van der Waals surface area contributed by atoms with E-state index in [-0.39, 0.29) is 0 Å². The van der Waals surface area contributed by atoms with Crippen molar-refractivity contribution in [1.29, 1.82) is 0 Å². The van der Waals surface area contributed by atoms with Crippen LogP contribution in [0.25, 0.3) is 0 Å². The van der Waals surface area contributed by atoms with Crippen LogP contribution in [0.5, 0.6) is 5.75 Å². The molecule has 0 spiro atoms. The largest absolute Gasteiger partial charge is 0.482 e. The molecular formula is C15H15N2O. The highest BCUT2D eigenvalue weighted by Crippen LogP contribution is 2.30. The molecule has 0 unspecified atom stereocenters. The van der Waals surface area contributed by atoms with Gasteiger partial charge in [-0.1, -0.05) is 42.5 Å². The van der Waals surface area contributed by atoms with Crippen molar-refractivity contribution in [3.63, 3.8) is 0 Å². The number of ether oxygens (including phenoxy) is 1. The summed E-state index contributed by atoms with van der Waals surface area (Å²) in [7, 11) is 0. The maximum atomic E-state index is 5.50. The zero-order valence-corrected chi connectivity index (χ0v) is 10.0. The van der Waals surface area contributed by atoms with Crippen LogP contribution < -0.4 is 15.2 Å². The SMILES string of the molecule is [CH]1CN(NCc2ccccc2)c2ccccc2O1. The summed E-state index contributed by atoms with van der Waals surface area (Å²) in [6.45, 7) is 3.35. The van der Waals surface area contributed by atoms with E-state index in [1.54, 1.807) is 6.61 Å². The minimum Gasteiger partial charge on any atom is -0.482 e. The van der Waals surface area contributed by atoms with Gasteiger partial charge in [-0.15, -0.1) is 0 Å². The smallest absolute Gasteiger partial charge is 0.156 e. The van der Waals surface area contributed by atoms with Crippen LogP contribution in [-0.4, -0.2) is 6.54 Å². The van der Waals surface area contributed by atoms with E-state index >= 15 is 0 Å². The number of benzene rings is 2. The Morgan fingerprint density at radius 1 is 1.00 bits per heavy atom. The number of nitrogens with one attached hydrogen (secondary N) is 1. The summed E-state index contributed by atoms with van der Waals surface area (Å²) in [5.74, 6) is 0.893. The molecule has 1 heterocycles. The number of nitrogens with zero attached hydrogens (tertiary/aromatic N) is 1. The Morgan fingerprint density at radius 3 is 2.67 bits per heavy atom. The normalized spacial score (nSPS) is 13.9. The molecule has 0 atom stereocenters. The highest BCUT2D eigenvalue weighted by atomic mass is 16.5. The third-order valence-electron chi connectivity index (χ3n) is 2.94. The molecular weight excluding hydrogens is 224 g/mol. The molecule has 18 heavy (non-hydrogen) atoms. The van der Waals surface area contributed by atoms with Gasteiger partial charge in [0, 0.05) is 6.54 Å². The van der Waals surface area contributed by atoms with Gasteiger partial charge in [0.1, 0.15) is 5.75 Å². The van der Waals surface area contributed by atoms with Gasteiger partial charge in [-0.3, -0.25) is 0 Å². The monoisotopic (exact) mass is 239 g/mol. The van der Waals surface area contributed by atoms with Crippen LogP contribution in [-0.2, 0) is 6.54 Å². The first kappa shape index (κ1) is 11.1. The minimum atomic E-state index is 0.740. The van der Waals surface area contributed by atoms with Crippen LogP contribution >= 0.6 is 0 Å². The van der Waals surface area contributed by atoms with Gasteiger partial charge in [0.25, 0.3) is 0 Å². The molecule has 0 fully saturated rings. The Balaban J connectivity index is 1.71. The van der Waals surface area contributed by atoms with Gasteiger partial charge in [-0.25, -0.2) is 5.43 Å². The summed E-state index contributed by atoms with van der Waals surface area (Å²) in [5.41, 5.74) is 5.76. The molecule has 3 rings (SSSR count). The van der Waals surface area contributed by atoms with Crippen LogP contribution in [0.2, 0.25) is 0 Å². The lowest BCUT2D eigenvalue weighted by atomic mass is 10.2. The second-order valence-corrected chi connectivity index (χ2v) is 4.18. The molecule has 0 saturated carbocycles. The number of anilines is 1. The summed E-state index contributed by atoms with van der Waals surface area (Å²) in [4.78, 5) is 0. The van der Waals surface area contributed by atoms with Crippen molar-refractivity contribution in [2.75, 3.05) is 11.6 Å². The average Bonchev–Trinajstić information content (AvgIpc) is 2.46. The predicted octanol–water partition coefficient (Wildman–Crippen LogP) is 2.75. The molecule has 2 aromatic rings. The third-order valence-corrected chi connectivity index (χ3v) is 2.94. The van der Waals surface area contributed by atoms with Gasteiger partial charge in [0.05, 0.1) is 12.2 Å². The molecule has 3 nitrogen and oxygen atoms in total. The number of hydrogen-bond donors (Lipinski definition) is 1. The van der Waals surface area contributed by atoms with Crippen molar-refractivity contribution < 1.29 is 4.74 Å². The highest BCUT2D eigenvalue weighted by Gasteiger charge is 2.17. The molecule has 2 aromatic carbocycles. The van der Waals surface area contributed by atoms with E-state index in [0.717, 1.165) is 24.5 Å². The first-order chi connectivity index (χ1) is 8.93. The van der Waals surface area contributed by atoms with E-state index in [1.807, 2.05) is 24.3 Å². The lowest BCUT2D eigenvalue weighted by Gasteiger charge is -2.31. The van der Waals surface area contributed by atoms with E-state index < -0.39 is 0 Å². The molecule has 0 saturated heterocycles. The van der Waals surface area contributed by atoms with Gasteiger partial charge in [-0.2, -0.15) is 0 Å². The second-order valence-electron chi connectivity index (χ2n) is 4.18. The fourth-order valence-corrected chi connectivity index (χ4v) is 2.01. The molecule has 0 amide bonds. The summed E-state index contributed by atoms with van der Waals surface area (Å²) >= 11 is 0. The summed E-state index contributed by atoms with van der Waals surface area (Å²) in [6, 6.07) is 18.4. The molecule has 1 aliphatic heterocycles.